The number of nitrogens with zero attached hydrogens (tertiary/aromatic N) is 2. The molecule has 2 rings (SSSR count). The van der Waals surface area contributed by atoms with Crippen LogP contribution in [0.25, 0.3) is 10.2 Å². The molecule has 0 aliphatic heterocycles. The van der Waals surface area contributed by atoms with Crippen LogP contribution in [0.15, 0.2) is 18.7 Å². The minimum Gasteiger partial charge on any atom is -0.477 e. The quantitative estimate of drug-likeness (QED) is 0.550. The number of unbranched alkanes of at least 4 members (excludes halogenated alkanes) is 1. The maximum Gasteiger partial charge on any atom is 0.227 e. The van der Waals surface area contributed by atoms with Gasteiger partial charge in [0.1, 0.15) is 4.83 Å². The van der Waals surface area contributed by atoms with Crippen LogP contribution in [0, 0.1) is 0 Å². The zero-order valence-electron chi connectivity index (χ0n) is 12.8. The number of nitrogens with one attached hydrogen (secondary N) is 1. The molecule has 0 spiro atoms. The fourth-order valence-electron chi connectivity index (χ4n) is 1.94. The van der Waals surface area contributed by atoms with Crippen molar-refractivity contribution in [3.63, 3.8) is 0 Å². The van der Waals surface area contributed by atoms with Gasteiger partial charge in [-0.1, -0.05) is 19.9 Å². The molecule has 0 aliphatic rings. The van der Waals surface area contributed by atoms with Gasteiger partial charge < -0.3 is 10.1 Å². The number of hydrogen-bond acceptors (Lipinski definition) is 5. The molecule has 4 nitrogen and oxygen atoms in total. The van der Waals surface area contributed by atoms with Gasteiger partial charge in [-0.2, -0.15) is 4.98 Å². The fourth-order valence-corrected chi connectivity index (χ4v) is 2.90. The van der Waals surface area contributed by atoms with E-state index in [9.17, 15) is 0 Å². The number of thiophene rings is 1. The molecule has 0 aromatic carbocycles. The van der Waals surface area contributed by atoms with E-state index in [1.807, 2.05) is 6.08 Å². The summed E-state index contributed by atoms with van der Waals surface area (Å²) in [5.41, 5.74) is 0. The highest BCUT2D eigenvalue weighted by molar-refractivity contribution is 7.18. The van der Waals surface area contributed by atoms with Crippen LogP contribution in [0.1, 0.15) is 38.0 Å². The second kappa shape index (κ2) is 7.98. The first-order valence-electron chi connectivity index (χ1n) is 7.56. The van der Waals surface area contributed by atoms with E-state index in [2.05, 4.69) is 41.8 Å². The lowest BCUT2D eigenvalue weighted by Crippen LogP contribution is -2.06. The Morgan fingerprint density at radius 3 is 2.95 bits per heavy atom. The van der Waals surface area contributed by atoms with E-state index in [0.29, 0.717) is 18.4 Å². The Hall–Kier alpha value is -1.62. The highest BCUT2D eigenvalue weighted by atomic mass is 32.1. The van der Waals surface area contributed by atoms with Crippen LogP contribution in [-0.4, -0.2) is 23.1 Å². The first kappa shape index (κ1) is 15.8. The van der Waals surface area contributed by atoms with E-state index in [4.69, 9.17) is 4.74 Å². The number of aryl methyl sites for hydroxylation is 1. The normalized spacial score (nSPS) is 10.8. The maximum atomic E-state index is 5.87. The lowest BCUT2D eigenvalue weighted by Gasteiger charge is -2.08. The van der Waals surface area contributed by atoms with Crippen molar-refractivity contribution >= 4 is 27.5 Å². The largest absolute Gasteiger partial charge is 0.477 e. The highest BCUT2D eigenvalue weighted by Crippen LogP contribution is 2.31. The van der Waals surface area contributed by atoms with E-state index in [-0.39, 0.29) is 0 Å². The smallest absolute Gasteiger partial charge is 0.227 e. The number of anilines is 1. The number of rotatable bonds is 9. The lowest BCUT2D eigenvalue weighted by molar-refractivity contribution is 0.304. The van der Waals surface area contributed by atoms with Gasteiger partial charge in [-0.15, -0.1) is 17.9 Å². The summed E-state index contributed by atoms with van der Waals surface area (Å²) in [5, 5.41) is 4.27. The summed E-state index contributed by atoms with van der Waals surface area (Å²) in [4.78, 5) is 11.4. The Morgan fingerprint density at radius 2 is 2.24 bits per heavy atom. The van der Waals surface area contributed by atoms with Crippen molar-refractivity contribution in [1.82, 2.24) is 9.97 Å². The standard InChI is InChI=1S/C16H23N3OS/c1-4-7-8-10-20-14-13-11-12(6-3)21-15(13)19-16(18-14)17-9-5-2/h4,11H,1,5-10H2,2-3H3,(H,17,18,19). The molecule has 0 atom stereocenters. The summed E-state index contributed by atoms with van der Waals surface area (Å²) in [6.07, 6.45) is 5.87. The van der Waals surface area contributed by atoms with Crippen LogP contribution in [0.3, 0.4) is 0 Å². The monoisotopic (exact) mass is 305 g/mol. The van der Waals surface area contributed by atoms with Crippen molar-refractivity contribution in [3.05, 3.63) is 23.6 Å². The van der Waals surface area contributed by atoms with Gasteiger partial charge in [0, 0.05) is 11.4 Å². The van der Waals surface area contributed by atoms with Crippen molar-refractivity contribution in [2.24, 2.45) is 0 Å². The van der Waals surface area contributed by atoms with Gasteiger partial charge in [0.15, 0.2) is 0 Å². The van der Waals surface area contributed by atoms with E-state index in [0.717, 1.165) is 42.4 Å². The van der Waals surface area contributed by atoms with Crippen LogP contribution in [0.4, 0.5) is 5.95 Å². The van der Waals surface area contributed by atoms with Gasteiger partial charge in [-0.3, -0.25) is 0 Å². The molecular weight excluding hydrogens is 282 g/mol. The van der Waals surface area contributed by atoms with Crippen molar-refractivity contribution in [1.29, 1.82) is 0 Å². The number of aromatic nitrogens is 2. The average molecular weight is 305 g/mol. The van der Waals surface area contributed by atoms with Crippen molar-refractivity contribution in [2.45, 2.75) is 39.5 Å². The van der Waals surface area contributed by atoms with Crippen molar-refractivity contribution in [3.8, 4) is 5.88 Å². The predicted molar refractivity (Wildman–Crippen MR) is 90.5 cm³/mol. The molecule has 2 heterocycles. The van der Waals surface area contributed by atoms with Crippen LogP contribution < -0.4 is 10.1 Å². The molecule has 2 aromatic heterocycles. The van der Waals surface area contributed by atoms with Gasteiger partial charge in [0.05, 0.1) is 12.0 Å². The van der Waals surface area contributed by atoms with E-state index < -0.39 is 0 Å². The average Bonchev–Trinajstić information content (AvgIpc) is 2.92. The van der Waals surface area contributed by atoms with Crippen LogP contribution >= 0.6 is 11.3 Å². The predicted octanol–water partition coefficient (Wildman–Crippen LogP) is 4.42. The molecule has 0 bridgehead atoms. The summed E-state index contributed by atoms with van der Waals surface area (Å²) in [7, 11) is 0. The zero-order chi connectivity index (χ0) is 15.1. The molecule has 0 radical (unpaired) electrons. The third kappa shape index (κ3) is 4.17. The van der Waals surface area contributed by atoms with E-state index in [1.165, 1.54) is 4.88 Å². The van der Waals surface area contributed by atoms with Gasteiger partial charge in [-0.05, 0) is 31.7 Å². The van der Waals surface area contributed by atoms with Gasteiger partial charge in [0.2, 0.25) is 11.8 Å². The number of hydrogen-bond donors (Lipinski definition) is 1. The Balaban J connectivity index is 2.24. The topological polar surface area (TPSA) is 47.0 Å². The molecule has 0 saturated carbocycles. The van der Waals surface area contributed by atoms with Crippen LogP contribution in [0.5, 0.6) is 5.88 Å². The maximum absolute atomic E-state index is 5.87. The van der Waals surface area contributed by atoms with Crippen LogP contribution in [-0.2, 0) is 6.42 Å². The molecule has 2 aromatic rings. The molecule has 0 aliphatic carbocycles. The number of fused-ring (bicyclic) bond motifs is 1. The Labute approximate surface area is 130 Å². The highest BCUT2D eigenvalue weighted by Gasteiger charge is 2.12. The Bertz CT molecular complexity index is 594. The summed E-state index contributed by atoms with van der Waals surface area (Å²) >= 11 is 1.72. The molecule has 0 saturated heterocycles. The zero-order valence-corrected chi connectivity index (χ0v) is 13.6. The summed E-state index contributed by atoms with van der Waals surface area (Å²) in [6.45, 7) is 9.53. The molecule has 21 heavy (non-hydrogen) atoms. The summed E-state index contributed by atoms with van der Waals surface area (Å²) in [6, 6.07) is 2.15. The molecule has 0 unspecified atom stereocenters. The third-order valence-corrected chi connectivity index (χ3v) is 4.26. The second-order valence-corrected chi connectivity index (χ2v) is 5.96. The lowest BCUT2D eigenvalue weighted by atomic mass is 10.3. The minimum atomic E-state index is 0.655. The first-order chi connectivity index (χ1) is 10.3. The number of allylic oxidation sites excluding steroid dienone is 1. The molecule has 5 heteroatoms. The molecule has 0 amide bonds. The molecular formula is C16H23N3OS. The Morgan fingerprint density at radius 1 is 1.38 bits per heavy atom. The van der Waals surface area contributed by atoms with Gasteiger partial charge in [-0.25, -0.2) is 4.98 Å². The summed E-state index contributed by atoms with van der Waals surface area (Å²) < 4.78 is 5.87. The minimum absolute atomic E-state index is 0.655. The second-order valence-electron chi connectivity index (χ2n) is 4.84. The van der Waals surface area contributed by atoms with E-state index >= 15 is 0 Å². The summed E-state index contributed by atoms with van der Waals surface area (Å²) in [5.74, 6) is 1.35. The molecule has 1 N–H and O–H groups in total. The van der Waals surface area contributed by atoms with Crippen LogP contribution in [0.2, 0.25) is 0 Å². The fraction of sp³-hybridized carbons (Fsp3) is 0.500. The number of ether oxygens (including phenoxy) is 1. The SMILES string of the molecule is C=CCCCOc1nc(NCCC)nc2sc(CC)cc12. The third-order valence-electron chi connectivity index (χ3n) is 3.08. The van der Waals surface area contributed by atoms with Gasteiger partial charge >= 0.3 is 0 Å². The molecule has 114 valence electrons. The molecule has 0 fully saturated rings. The Kier molecular flexibility index (Phi) is 5.99. The van der Waals surface area contributed by atoms with Crippen molar-refractivity contribution < 1.29 is 4.74 Å². The van der Waals surface area contributed by atoms with Crippen molar-refractivity contribution in [2.75, 3.05) is 18.5 Å². The first-order valence-corrected chi connectivity index (χ1v) is 8.38. The van der Waals surface area contributed by atoms with Gasteiger partial charge in [0.25, 0.3) is 0 Å². The van der Waals surface area contributed by atoms with E-state index in [1.54, 1.807) is 11.3 Å².